The van der Waals surface area contributed by atoms with Crippen LogP contribution in [0.2, 0.25) is 0 Å². The third-order valence-electron chi connectivity index (χ3n) is 7.67. The van der Waals surface area contributed by atoms with Gasteiger partial charge in [-0.15, -0.1) is 5.10 Å². The molecular weight excluding hydrogens is 522 g/mol. The number of nitrogens with zero attached hydrogens (tertiary/aromatic N) is 3. The lowest BCUT2D eigenvalue weighted by atomic mass is 10.0. The fourth-order valence-corrected chi connectivity index (χ4v) is 4.80. The van der Waals surface area contributed by atoms with Crippen LogP contribution in [0.4, 0.5) is 0 Å². The van der Waals surface area contributed by atoms with Crippen LogP contribution in [0, 0.1) is 5.92 Å². The fraction of sp³-hybridized carbons (Fsp3) is 0.417. The Balaban J connectivity index is 1.22. The molecule has 1 heterocycles. The van der Waals surface area contributed by atoms with E-state index >= 15 is 0 Å². The standard InChI is InChI=1S/C36H45N3O3/c1-4-6-7-8-9-10-11-12-25-41-33-21-17-30(18-22-33)29-13-15-32(16-14-29)36(40)42-34-23-19-31(20-24-34)35-27-39(38-37-35)26-28(3)5-2/h13-24,27-28H,4-12,25-26H2,1-3H3/t28-/m0/s1. The van der Waals surface area contributed by atoms with Gasteiger partial charge in [-0.3, -0.25) is 4.68 Å². The molecule has 1 aromatic heterocycles. The molecule has 0 aliphatic rings. The van der Waals surface area contributed by atoms with Gasteiger partial charge in [0.15, 0.2) is 0 Å². The van der Waals surface area contributed by atoms with E-state index in [1.165, 1.54) is 44.9 Å². The van der Waals surface area contributed by atoms with E-state index in [1.807, 2.05) is 47.3 Å². The molecule has 0 amide bonds. The highest BCUT2D eigenvalue weighted by Crippen LogP contribution is 2.25. The molecule has 0 bridgehead atoms. The molecule has 0 saturated heterocycles. The van der Waals surface area contributed by atoms with Crippen LogP contribution in [0.1, 0.15) is 88.9 Å². The molecule has 0 saturated carbocycles. The maximum Gasteiger partial charge on any atom is 0.343 e. The van der Waals surface area contributed by atoms with Gasteiger partial charge in [-0.05, 0) is 72.0 Å². The summed E-state index contributed by atoms with van der Waals surface area (Å²) in [6.07, 6.45) is 13.4. The largest absolute Gasteiger partial charge is 0.494 e. The molecule has 42 heavy (non-hydrogen) atoms. The van der Waals surface area contributed by atoms with Gasteiger partial charge in [0.05, 0.1) is 18.4 Å². The van der Waals surface area contributed by atoms with E-state index < -0.39 is 5.97 Å². The number of benzene rings is 3. The van der Waals surface area contributed by atoms with E-state index in [1.54, 1.807) is 24.3 Å². The van der Waals surface area contributed by atoms with Crippen molar-refractivity contribution in [1.82, 2.24) is 15.0 Å². The Hall–Kier alpha value is -3.93. The van der Waals surface area contributed by atoms with Crippen molar-refractivity contribution in [2.24, 2.45) is 5.92 Å². The molecule has 0 radical (unpaired) electrons. The molecule has 1 atom stereocenters. The maximum absolute atomic E-state index is 12.8. The van der Waals surface area contributed by atoms with E-state index in [0.717, 1.165) is 54.1 Å². The van der Waals surface area contributed by atoms with Crippen molar-refractivity contribution in [2.75, 3.05) is 6.61 Å². The Labute approximate surface area is 251 Å². The van der Waals surface area contributed by atoms with Crippen LogP contribution in [0.25, 0.3) is 22.4 Å². The smallest absolute Gasteiger partial charge is 0.343 e. The van der Waals surface area contributed by atoms with Gasteiger partial charge >= 0.3 is 5.97 Å². The van der Waals surface area contributed by atoms with Gasteiger partial charge < -0.3 is 9.47 Å². The predicted molar refractivity (Wildman–Crippen MR) is 170 cm³/mol. The highest BCUT2D eigenvalue weighted by Gasteiger charge is 2.11. The number of esters is 1. The van der Waals surface area contributed by atoms with Gasteiger partial charge in [-0.25, -0.2) is 4.79 Å². The molecular formula is C36H45N3O3. The molecule has 6 heteroatoms. The molecule has 0 unspecified atom stereocenters. The number of hydrogen-bond acceptors (Lipinski definition) is 5. The number of unbranched alkanes of at least 4 members (excludes halogenated alkanes) is 7. The average Bonchev–Trinajstić information content (AvgIpc) is 3.49. The summed E-state index contributed by atoms with van der Waals surface area (Å²) in [5, 5.41) is 8.51. The summed E-state index contributed by atoms with van der Waals surface area (Å²) in [6, 6.07) is 23.0. The number of hydrogen-bond donors (Lipinski definition) is 0. The summed E-state index contributed by atoms with van der Waals surface area (Å²) in [6.45, 7) is 8.23. The zero-order chi connectivity index (χ0) is 29.6. The predicted octanol–water partition coefficient (Wildman–Crippen LogP) is 9.40. The highest BCUT2D eigenvalue weighted by atomic mass is 16.5. The summed E-state index contributed by atoms with van der Waals surface area (Å²) >= 11 is 0. The minimum absolute atomic E-state index is 0.390. The van der Waals surface area contributed by atoms with Crippen LogP contribution >= 0.6 is 0 Å². The third kappa shape index (κ3) is 9.57. The first-order valence-electron chi connectivity index (χ1n) is 15.6. The van der Waals surface area contributed by atoms with E-state index in [2.05, 4.69) is 43.2 Å². The minimum Gasteiger partial charge on any atom is -0.494 e. The van der Waals surface area contributed by atoms with Gasteiger partial charge in [0.1, 0.15) is 17.2 Å². The second-order valence-electron chi connectivity index (χ2n) is 11.2. The number of carbonyl (C=O) groups is 1. The normalized spacial score (nSPS) is 11.8. The third-order valence-corrected chi connectivity index (χ3v) is 7.67. The van der Waals surface area contributed by atoms with Crippen LogP contribution in [0.5, 0.6) is 11.5 Å². The van der Waals surface area contributed by atoms with Crippen molar-refractivity contribution in [1.29, 1.82) is 0 Å². The summed E-state index contributed by atoms with van der Waals surface area (Å²) in [5.41, 5.74) is 4.34. The van der Waals surface area contributed by atoms with Crippen molar-refractivity contribution >= 4 is 5.97 Å². The Bertz CT molecular complexity index is 1350. The second kappa shape index (κ2) is 16.5. The second-order valence-corrected chi connectivity index (χ2v) is 11.2. The van der Waals surface area contributed by atoms with Crippen LogP contribution in [-0.2, 0) is 6.54 Å². The molecule has 0 N–H and O–H groups in total. The van der Waals surface area contributed by atoms with Crippen LogP contribution in [0.15, 0.2) is 79.0 Å². The lowest BCUT2D eigenvalue weighted by Gasteiger charge is -2.09. The van der Waals surface area contributed by atoms with Gasteiger partial charge in [-0.1, -0.05) is 102 Å². The summed E-state index contributed by atoms with van der Waals surface area (Å²) < 4.78 is 13.4. The van der Waals surface area contributed by atoms with Crippen molar-refractivity contribution in [3.8, 4) is 33.9 Å². The van der Waals surface area contributed by atoms with Crippen LogP contribution in [0.3, 0.4) is 0 Å². The fourth-order valence-electron chi connectivity index (χ4n) is 4.80. The van der Waals surface area contributed by atoms with Crippen molar-refractivity contribution in [3.63, 3.8) is 0 Å². The first-order valence-corrected chi connectivity index (χ1v) is 15.6. The molecule has 0 aliphatic heterocycles. The topological polar surface area (TPSA) is 66.2 Å². The number of rotatable bonds is 17. The average molecular weight is 568 g/mol. The zero-order valence-corrected chi connectivity index (χ0v) is 25.4. The Morgan fingerprint density at radius 1 is 0.738 bits per heavy atom. The first-order chi connectivity index (χ1) is 20.6. The molecule has 4 aromatic rings. The molecule has 3 aromatic carbocycles. The Morgan fingerprint density at radius 2 is 1.31 bits per heavy atom. The van der Waals surface area contributed by atoms with Gasteiger partial charge in [0.25, 0.3) is 0 Å². The van der Waals surface area contributed by atoms with Crippen LogP contribution < -0.4 is 9.47 Å². The van der Waals surface area contributed by atoms with Crippen molar-refractivity contribution < 1.29 is 14.3 Å². The monoisotopic (exact) mass is 567 g/mol. The van der Waals surface area contributed by atoms with E-state index in [-0.39, 0.29) is 0 Å². The first kappa shape index (κ1) is 31.0. The van der Waals surface area contributed by atoms with Gasteiger partial charge in [0, 0.05) is 12.1 Å². The summed E-state index contributed by atoms with van der Waals surface area (Å²) in [5.74, 6) is 1.54. The summed E-state index contributed by atoms with van der Waals surface area (Å²) in [7, 11) is 0. The number of carbonyl (C=O) groups excluding carboxylic acids is 1. The Kier molecular flexibility index (Phi) is 12.2. The molecule has 0 aliphatic carbocycles. The number of ether oxygens (including phenoxy) is 2. The van der Waals surface area contributed by atoms with Crippen molar-refractivity contribution in [3.05, 3.63) is 84.6 Å². The highest BCUT2D eigenvalue weighted by molar-refractivity contribution is 5.91. The molecule has 4 rings (SSSR count). The quantitative estimate of drug-likeness (QED) is 0.0722. The SMILES string of the molecule is CCCCCCCCCCOc1ccc(-c2ccc(C(=O)Oc3ccc(-c4cn(C[C@@H](C)CC)nn4)cc3)cc2)cc1. The zero-order valence-electron chi connectivity index (χ0n) is 25.4. The van der Waals surface area contributed by atoms with Crippen LogP contribution in [-0.4, -0.2) is 27.6 Å². The van der Waals surface area contributed by atoms with E-state index in [0.29, 0.717) is 17.2 Å². The molecule has 0 fully saturated rings. The molecule has 0 spiro atoms. The Morgan fingerprint density at radius 3 is 1.95 bits per heavy atom. The lowest BCUT2D eigenvalue weighted by molar-refractivity contribution is 0.0735. The molecule has 222 valence electrons. The van der Waals surface area contributed by atoms with Gasteiger partial charge in [0.2, 0.25) is 0 Å². The number of aromatic nitrogens is 3. The maximum atomic E-state index is 12.8. The summed E-state index contributed by atoms with van der Waals surface area (Å²) in [4.78, 5) is 12.8. The van der Waals surface area contributed by atoms with Gasteiger partial charge in [-0.2, -0.15) is 0 Å². The van der Waals surface area contributed by atoms with E-state index in [4.69, 9.17) is 9.47 Å². The van der Waals surface area contributed by atoms with E-state index in [9.17, 15) is 4.79 Å². The molecule has 6 nitrogen and oxygen atoms in total. The van der Waals surface area contributed by atoms with Crippen molar-refractivity contribution in [2.45, 2.75) is 85.1 Å². The minimum atomic E-state index is -0.390. The lowest BCUT2D eigenvalue weighted by Crippen LogP contribution is -2.08.